The molecule has 0 saturated carbocycles. The van der Waals surface area contributed by atoms with Gasteiger partial charge in [-0.25, -0.2) is 8.42 Å². The van der Waals surface area contributed by atoms with Gasteiger partial charge in [0.25, 0.3) is 11.6 Å². The summed E-state index contributed by atoms with van der Waals surface area (Å²) in [6, 6.07) is 11.2. The number of anilines is 1. The molecule has 0 radical (unpaired) electrons. The molecule has 0 atom stereocenters. The molecule has 0 bridgehead atoms. The Hall–Kier alpha value is -2.78. The number of nitro groups is 1. The minimum atomic E-state index is -3.64. The van der Waals surface area contributed by atoms with E-state index in [1.807, 2.05) is 27.7 Å². The second-order valence-electron chi connectivity index (χ2n) is 7.89. The van der Waals surface area contributed by atoms with E-state index in [4.69, 9.17) is 0 Å². The van der Waals surface area contributed by atoms with Crippen LogP contribution >= 0.6 is 0 Å². The Bertz CT molecular complexity index is 974. The first-order valence-electron chi connectivity index (χ1n) is 9.66. The van der Waals surface area contributed by atoms with E-state index in [-0.39, 0.29) is 28.0 Å². The van der Waals surface area contributed by atoms with Crippen molar-refractivity contribution in [3.05, 3.63) is 64.2 Å². The van der Waals surface area contributed by atoms with E-state index < -0.39 is 20.9 Å². The summed E-state index contributed by atoms with van der Waals surface area (Å²) in [6.45, 7) is 8.75. The Balaban J connectivity index is 2.16. The Morgan fingerprint density at radius 3 is 1.90 bits per heavy atom. The van der Waals surface area contributed by atoms with Gasteiger partial charge in [-0.15, -0.1) is 0 Å². The van der Waals surface area contributed by atoms with Gasteiger partial charge in [-0.2, -0.15) is 4.31 Å². The van der Waals surface area contributed by atoms with Gasteiger partial charge in [-0.05, 0) is 48.2 Å². The van der Waals surface area contributed by atoms with Crippen molar-refractivity contribution in [2.75, 3.05) is 18.4 Å². The molecular formula is C21H27N3O5S. The normalized spacial score (nSPS) is 11.8. The molecule has 2 rings (SSSR count). The highest BCUT2D eigenvalue weighted by atomic mass is 32.2. The molecule has 1 N–H and O–H groups in total. The van der Waals surface area contributed by atoms with Gasteiger partial charge in [0.15, 0.2) is 0 Å². The molecule has 0 aliphatic carbocycles. The molecule has 0 saturated heterocycles. The number of rotatable bonds is 9. The van der Waals surface area contributed by atoms with Crippen molar-refractivity contribution in [1.29, 1.82) is 0 Å². The number of sulfonamides is 1. The lowest BCUT2D eigenvalue weighted by Crippen LogP contribution is -2.37. The first-order chi connectivity index (χ1) is 14.0. The van der Waals surface area contributed by atoms with Crippen LogP contribution in [0.5, 0.6) is 0 Å². The molecule has 0 spiro atoms. The van der Waals surface area contributed by atoms with Crippen LogP contribution in [0.2, 0.25) is 0 Å². The molecule has 30 heavy (non-hydrogen) atoms. The zero-order valence-corrected chi connectivity index (χ0v) is 18.3. The summed E-state index contributed by atoms with van der Waals surface area (Å²) in [6.07, 6.45) is 0. The molecular weight excluding hydrogens is 406 g/mol. The largest absolute Gasteiger partial charge is 0.322 e. The van der Waals surface area contributed by atoms with Crippen LogP contribution in [0.4, 0.5) is 11.4 Å². The first kappa shape index (κ1) is 23.5. The van der Waals surface area contributed by atoms with Crippen LogP contribution in [-0.2, 0) is 10.0 Å². The highest BCUT2D eigenvalue weighted by Gasteiger charge is 2.25. The van der Waals surface area contributed by atoms with Crippen LogP contribution in [0.25, 0.3) is 0 Å². The third-order valence-corrected chi connectivity index (χ3v) is 6.07. The lowest BCUT2D eigenvalue weighted by atomic mass is 10.2. The highest BCUT2D eigenvalue weighted by molar-refractivity contribution is 7.89. The number of amides is 1. The summed E-state index contributed by atoms with van der Waals surface area (Å²) in [5, 5.41) is 13.4. The number of carbonyl (C=O) groups is 1. The van der Waals surface area contributed by atoms with Crippen LogP contribution in [-0.4, -0.2) is 36.6 Å². The molecule has 0 fully saturated rings. The minimum absolute atomic E-state index is 0.103. The van der Waals surface area contributed by atoms with Crippen molar-refractivity contribution >= 4 is 27.3 Å². The number of carbonyl (C=O) groups excluding carboxylic acids is 1. The second kappa shape index (κ2) is 9.82. The zero-order valence-electron chi connectivity index (χ0n) is 17.5. The van der Waals surface area contributed by atoms with Gasteiger partial charge in [0, 0.05) is 36.5 Å². The van der Waals surface area contributed by atoms with Crippen LogP contribution in [0.3, 0.4) is 0 Å². The highest BCUT2D eigenvalue weighted by Crippen LogP contribution is 2.21. The van der Waals surface area contributed by atoms with Crippen molar-refractivity contribution in [2.45, 2.75) is 32.6 Å². The van der Waals surface area contributed by atoms with E-state index in [0.29, 0.717) is 18.8 Å². The van der Waals surface area contributed by atoms with Gasteiger partial charge >= 0.3 is 0 Å². The van der Waals surface area contributed by atoms with E-state index >= 15 is 0 Å². The molecule has 0 aliphatic heterocycles. The van der Waals surface area contributed by atoms with Crippen molar-refractivity contribution in [1.82, 2.24) is 4.31 Å². The minimum Gasteiger partial charge on any atom is -0.322 e. The van der Waals surface area contributed by atoms with E-state index in [2.05, 4.69) is 5.32 Å². The Morgan fingerprint density at radius 1 is 0.967 bits per heavy atom. The Kier molecular flexibility index (Phi) is 7.69. The number of nitro benzene ring substituents is 1. The number of hydrogen-bond donors (Lipinski definition) is 1. The number of nitrogens with one attached hydrogen (secondary N) is 1. The van der Waals surface area contributed by atoms with Crippen molar-refractivity contribution < 1.29 is 18.1 Å². The summed E-state index contributed by atoms with van der Waals surface area (Å²) < 4.78 is 27.6. The van der Waals surface area contributed by atoms with Crippen LogP contribution < -0.4 is 5.32 Å². The van der Waals surface area contributed by atoms with Crippen LogP contribution in [0, 0.1) is 22.0 Å². The van der Waals surface area contributed by atoms with E-state index in [1.54, 1.807) is 0 Å². The van der Waals surface area contributed by atoms with Gasteiger partial charge < -0.3 is 5.32 Å². The first-order valence-corrected chi connectivity index (χ1v) is 11.1. The molecule has 0 aliphatic rings. The summed E-state index contributed by atoms with van der Waals surface area (Å²) in [5.41, 5.74) is 0.586. The monoisotopic (exact) mass is 433 g/mol. The quantitative estimate of drug-likeness (QED) is 0.472. The second-order valence-corrected chi connectivity index (χ2v) is 9.83. The Labute approximate surface area is 177 Å². The maximum Gasteiger partial charge on any atom is 0.269 e. The number of hydrogen-bond acceptors (Lipinski definition) is 5. The molecule has 0 unspecified atom stereocenters. The van der Waals surface area contributed by atoms with E-state index in [0.717, 1.165) is 0 Å². The van der Waals surface area contributed by atoms with Gasteiger partial charge in [0.05, 0.1) is 9.82 Å². The molecule has 2 aromatic carbocycles. The van der Waals surface area contributed by atoms with Crippen LogP contribution in [0.15, 0.2) is 53.4 Å². The predicted molar refractivity (Wildman–Crippen MR) is 116 cm³/mol. The summed E-state index contributed by atoms with van der Waals surface area (Å²) in [4.78, 5) is 22.6. The lowest BCUT2D eigenvalue weighted by Gasteiger charge is -2.25. The molecule has 8 nitrogen and oxygen atoms in total. The maximum atomic E-state index is 13.0. The van der Waals surface area contributed by atoms with Crippen molar-refractivity contribution in [3.8, 4) is 0 Å². The van der Waals surface area contributed by atoms with Crippen molar-refractivity contribution in [2.24, 2.45) is 11.8 Å². The standard InChI is InChI=1S/C21H27N3O5S/c1-15(2)13-23(14-16(3)4)30(28,29)20-11-7-18(8-12-20)22-21(25)17-5-9-19(10-6-17)24(26)27/h5-12,15-16H,13-14H2,1-4H3,(H,22,25). The van der Waals surface area contributed by atoms with Gasteiger partial charge in [-0.3, -0.25) is 14.9 Å². The third-order valence-electron chi connectivity index (χ3n) is 4.23. The summed E-state index contributed by atoms with van der Waals surface area (Å²) in [7, 11) is -3.64. The molecule has 162 valence electrons. The van der Waals surface area contributed by atoms with Crippen molar-refractivity contribution in [3.63, 3.8) is 0 Å². The van der Waals surface area contributed by atoms with Gasteiger partial charge in [0.2, 0.25) is 10.0 Å². The van der Waals surface area contributed by atoms with Gasteiger partial charge in [0.1, 0.15) is 0 Å². The number of nitrogens with zero attached hydrogens (tertiary/aromatic N) is 2. The number of non-ortho nitro benzene ring substituents is 1. The summed E-state index contributed by atoms with van der Waals surface area (Å²) in [5.74, 6) is -0.0562. The number of benzene rings is 2. The molecule has 9 heteroatoms. The molecule has 0 aromatic heterocycles. The SMILES string of the molecule is CC(C)CN(CC(C)C)S(=O)(=O)c1ccc(NC(=O)c2ccc([N+](=O)[O-])cc2)cc1. The van der Waals surface area contributed by atoms with Crippen LogP contribution in [0.1, 0.15) is 38.1 Å². The molecule has 1 amide bonds. The van der Waals surface area contributed by atoms with E-state index in [9.17, 15) is 23.3 Å². The topological polar surface area (TPSA) is 110 Å². The third kappa shape index (κ3) is 6.11. The van der Waals surface area contributed by atoms with Gasteiger partial charge in [-0.1, -0.05) is 27.7 Å². The van der Waals surface area contributed by atoms with E-state index in [1.165, 1.54) is 52.8 Å². The summed E-state index contributed by atoms with van der Waals surface area (Å²) >= 11 is 0. The average molecular weight is 434 g/mol. The molecule has 2 aromatic rings. The smallest absolute Gasteiger partial charge is 0.269 e. The molecule has 0 heterocycles. The zero-order chi connectivity index (χ0) is 22.5. The predicted octanol–water partition coefficient (Wildman–Crippen LogP) is 4.15. The maximum absolute atomic E-state index is 13.0. The Morgan fingerprint density at radius 2 is 1.47 bits per heavy atom. The fraction of sp³-hybridized carbons (Fsp3) is 0.381. The fourth-order valence-corrected chi connectivity index (χ4v) is 4.65. The fourth-order valence-electron chi connectivity index (χ4n) is 2.88. The average Bonchev–Trinajstić information content (AvgIpc) is 2.67. The lowest BCUT2D eigenvalue weighted by molar-refractivity contribution is -0.384.